The van der Waals surface area contributed by atoms with Crippen molar-refractivity contribution in [1.82, 2.24) is 0 Å². The fourth-order valence-electron chi connectivity index (χ4n) is 1.60. The Kier molecular flexibility index (Phi) is 3.10. The lowest BCUT2D eigenvalue weighted by atomic mass is 10.2. The maximum Gasteiger partial charge on any atom is 0.278 e. The Bertz CT molecular complexity index is 598. The van der Waals surface area contributed by atoms with Gasteiger partial charge in [-0.1, -0.05) is 41.4 Å². The summed E-state index contributed by atoms with van der Waals surface area (Å²) in [6.07, 6.45) is 0. The average molecular weight is 329 g/mol. The fourth-order valence-corrected chi connectivity index (χ4v) is 4.20. The van der Waals surface area contributed by atoms with E-state index in [0.717, 1.165) is 0 Å². The van der Waals surface area contributed by atoms with Gasteiger partial charge in [-0.05, 0) is 19.1 Å². The maximum atomic E-state index is 12.2. The molecule has 0 spiro atoms. The van der Waals surface area contributed by atoms with Crippen LogP contribution in [0.5, 0.6) is 0 Å². The van der Waals surface area contributed by atoms with Gasteiger partial charge >= 0.3 is 0 Å². The Hall–Kier alpha value is -0.490. The Labute approximate surface area is 119 Å². The summed E-state index contributed by atoms with van der Waals surface area (Å²) in [6.45, 7) is 1.18. The van der Waals surface area contributed by atoms with Crippen molar-refractivity contribution in [3.05, 3.63) is 30.3 Å². The van der Waals surface area contributed by atoms with Crippen LogP contribution in [0.3, 0.4) is 0 Å². The first-order valence-electron chi connectivity index (χ1n) is 4.85. The summed E-state index contributed by atoms with van der Waals surface area (Å²) in [5, 5.41) is 0. The van der Waals surface area contributed by atoms with E-state index in [1.165, 1.54) is 19.1 Å². The number of amides is 1. The molecule has 1 amide bonds. The first-order valence-corrected chi connectivity index (χ1v) is 7.42. The summed E-state index contributed by atoms with van der Waals surface area (Å²) in [6, 6.07) is 7.78. The smallest absolute Gasteiger partial charge is 0.271 e. The zero-order chi connectivity index (χ0) is 13.8. The third-order valence-electron chi connectivity index (χ3n) is 2.69. The molecule has 4 nitrogen and oxygen atoms in total. The van der Waals surface area contributed by atoms with Crippen LogP contribution in [-0.4, -0.2) is 22.9 Å². The van der Waals surface area contributed by atoms with Gasteiger partial charge in [0.1, 0.15) is 0 Å². The van der Waals surface area contributed by atoms with Crippen LogP contribution in [0.2, 0.25) is 0 Å². The third kappa shape index (κ3) is 1.58. The van der Waals surface area contributed by atoms with Crippen molar-refractivity contribution in [3.63, 3.8) is 0 Å². The van der Waals surface area contributed by atoms with Gasteiger partial charge < -0.3 is 0 Å². The van der Waals surface area contributed by atoms with E-state index in [1.54, 1.807) is 18.2 Å². The molecule has 1 heterocycles. The number of anilines is 1. The number of hydrogen-bond acceptors (Lipinski definition) is 3. The highest BCUT2D eigenvalue weighted by Gasteiger charge is 2.70. The number of halogens is 3. The zero-order valence-electron chi connectivity index (χ0n) is 9.10. The minimum Gasteiger partial charge on any atom is -0.271 e. The van der Waals surface area contributed by atoms with E-state index in [2.05, 4.69) is 0 Å². The number of nitrogens with zero attached hydrogens (tertiary/aromatic N) is 1. The zero-order valence-corrected chi connectivity index (χ0v) is 12.2. The lowest BCUT2D eigenvalue weighted by molar-refractivity contribution is -0.118. The van der Waals surface area contributed by atoms with E-state index in [-0.39, 0.29) is 5.69 Å². The second kappa shape index (κ2) is 4.00. The summed E-state index contributed by atoms with van der Waals surface area (Å²) in [5.74, 6) is -0.875. The summed E-state index contributed by atoms with van der Waals surface area (Å²) in [4.78, 5) is 10.2. The second-order valence-electron chi connectivity index (χ2n) is 3.93. The highest BCUT2D eigenvalue weighted by atomic mass is 35.5. The highest BCUT2D eigenvalue weighted by molar-refractivity contribution is 7.98. The van der Waals surface area contributed by atoms with Crippen LogP contribution in [0.1, 0.15) is 6.92 Å². The maximum absolute atomic E-state index is 12.2. The lowest BCUT2D eigenvalue weighted by Gasteiger charge is -2.20. The minimum absolute atomic E-state index is 0.151. The van der Waals surface area contributed by atoms with Crippen molar-refractivity contribution in [1.29, 1.82) is 0 Å². The lowest BCUT2D eigenvalue weighted by Crippen LogP contribution is -2.41. The quantitative estimate of drug-likeness (QED) is 0.744. The van der Waals surface area contributed by atoms with Crippen LogP contribution in [0, 0.1) is 0 Å². The Morgan fingerprint density at radius 3 is 2.00 bits per heavy atom. The standard InChI is InChI=1S/C10H8Cl3NO3S/c1-9(11)8(15)14(7-5-3-2-4-6-7)18(16,17)10(9,12)13/h2-6H,1H3. The molecule has 0 aromatic heterocycles. The Morgan fingerprint density at radius 1 is 1.11 bits per heavy atom. The van der Waals surface area contributed by atoms with Gasteiger partial charge in [0, 0.05) is 0 Å². The molecule has 0 bridgehead atoms. The largest absolute Gasteiger partial charge is 0.278 e. The van der Waals surface area contributed by atoms with Crippen molar-refractivity contribution in [2.45, 2.75) is 15.5 Å². The van der Waals surface area contributed by atoms with Gasteiger partial charge in [0.15, 0.2) is 4.87 Å². The normalized spacial score (nSPS) is 29.6. The predicted octanol–water partition coefficient (Wildman–Crippen LogP) is 2.49. The predicted molar refractivity (Wildman–Crippen MR) is 71.5 cm³/mol. The van der Waals surface area contributed by atoms with Crippen LogP contribution < -0.4 is 4.31 Å². The molecular formula is C10H8Cl3NO3S. The van der Waals surface area contributed by atoms with E-state index in [0.29, 0.717) is 4.31 Å². The van der Waals surface area contributed by atoms with Crippen molar-refractivity contribution < 1.29 is 13.2 Å². The van der Waals surface area contributed by atoms with Gasteiger partial charge in [-0.3, -0.25) is 4.79 Å². The number of carbonyl (C=O) groups is 1. The van der Waals surface area contributed by atoms with Gasteiger partial charge in [-0.15, -0.1) is 11.6 Å². The molecule has 2 rings (SSSR count). The van der Waals surface area contributed by atoms with E-state index in [1.807, 2.05) is 0 Å². The molecule has 1 aromatic rings. The molecular weight excluding hydrogens is 321 g/mol. The summed E-state index contributed by atoms with van der Waals surface area (Å²) in [7, 11) is -4.29. The number of alkyl halides is 3. The van der Waals surface area contributed by atoms with Crippen LogP contribution in [-0.2, 0) is 14.8 Å². The molecule has 98 valence electrons. The fraction of sp³-hybridized carbons (Fsp3) is 0.300. The molecule has 0 aliphatic carbocycles. The number of benzene rings is 1. The van der Waals surface area contributed by atoms with Gasteiger partial charge in [0.25, 0.3) is 19.6 Å². The first-order chi connectivity index (χ1) is 8.14. The van der Waals surface area contributed by atoms with Gasteiger partial charge in [0.05, 0.1) is 5.69 Å². The Morgan fingerprint density at radius 2 is 1.61 bits per heavy atom. The topological polar surface area (TPSA) is 54.5 Å². The van der Waals surface area contributed by atoms with E-state index < -0.39 is 24.5 Å². The molecule has 1 aliphatic rings. The van der Waals surface area contributed by atoms with E-state index in [9.17, 15) is 13.2 Å². The minimum atomic E-state index is -4.29. The number of rotatable bonds is 1. The molecule has 1 aliphatic heterocycles. The third-order valence-corrected chi connectivity index (χ3v) is 7.28. The average Bonchev–Trinajstić information content (AvgIpc) is 2.37. The molecule has 18 heavy (non-hydrogen) atoms. The molecule has 1 aromatic carbocycles. The van der Waals surface area contributed by atoms with Gasteiger partial charge in [-0.25, -0.2) is 12.7 Å². The van der Waals surface area contributed by atoms with Gasteiger partial charge in [0.2, 0.25) is 0 Å². The Balaban J connectivity index is 2.69. The van der Waals surface area contributed by atoms with Crippen molar-refractivity contribution >= 4 is 56.4 Å². The molecule has 1 atom stereocenters. The van der Waals surface area contributed by atoms with E-state index >= 15 is 0 Å². The van der Waals surface area contributed by atoms with Crippen LogP contribution >= 0.6 is 34.8 Å². The monoisotopic (exact) mass is 327 g/mol. The highest BCUT2D eigenvalue weighted by Crippen LogP contribution is 2.52. The molecule has 0 N–H and O–H groups in total. The molecule has 0 saturated carbocycles. The summed E-state index contributed by atoms with van der Waals surface area (Å²) >= 11 is 17.5. The first kappa shape index (κ1) is 13.9. The van der Waals surface area contributed by atoms with Crippen LogP contribution in [0.15, 0.2) is 30.3 Å². The van der Waals surface area contributed by atoms with Crippen molar-refractivity contribution in [2.24, 2.45) is 0 Å². The number of sulfonamides is 1. The second-order valence-corrected chi connectivity index (χ2v) is 8.39. The molecule has 8 heteroatoms. The van der Waals surface area contributed by atoms with Crippen LogP contribution in [0.25, 0.3) is 0 Å². The number of carbonyl (C=O) groups excluding carboxylic acids is 1. The summed E-state index contributed by atoms with van der Waals surface area (Å²) < 4.78 is 22.5. The van der Waals surface area contributed by atoms with E-state index in [4.69, 9.17) is 34.8 Å². The van der Waals surface area contributed by atoms with Crippen molar-refractivity contribution in [3.8, 4) is 0 Å². The SMILES string of the molecule is CC1(Cl)C(=O)N(c2ccccc2)S(=O)(=O)C1(Cl)Cl. The molecule has 1 unspecified atom stereocenters. The molecule has 1 fully saturated rings. The molecule has 1 saturated heterocycles. The number of para-hydroxylation sites is 1. The van der Waals surface area contributed by atoms with Gasteiger partial charge in [-0.2, -0.15) is 0 Å². The number of hydrogen-bond donors (Lipinski definition) is 0. The van der Waals surface area contributed by atoms with Crippen LogP contribution in [0.4, 0.5) is 5.69 Å². The van der Waals surface area contributed by atoms with Crippen molar-refractivity contribution in [2.75, 3.05) is 4.31 Å². The molecule has 0 radical (unpaired) electrons. The summed E-state index contributed by atoms with van der Waals surface area (Å²) in [5.41, 5.74) is 0.151.